The van der Waals surface area contributed by atoms with E-state index in [9.17, 15) is 18.0 Å². The minimum Gasteiger partial charge on any atom is -0.444 e. The lowest BCUT2D eigenvalue weighted by atomic mass is 10.1. The molecular formula is C19H23F3N4O2. The lowest BCUT2D eigenvalue weighted by Crippen LogP contribution is -2.52. The highest BCUT2D eigenvalue weighted by atomic mass is 19.4. The molecule has 1 amide bonds. The number of nitrogens with zero attached hydrogens (tertiary/aromatic N) is 3. The van der Waals surface area contributed by atoms with Crippen molar-refractivity contribution >= 4 is 6.09 Å². The smallest absolute Gasteiger partial charge is 0.434 e. The second-order valence-corrected chi connectivity index (χ2v) is 7.79. The molecule has 0 atom stereocenters. The average molecular weight is 396 g/mol. The van der Waals surface area contributed by atoms with Gasteiger partial charge in [0.1, 0.15) is 11.4 Å². The van der Waals surface area contributed by atoms with E-state index in [2.05, 4.69) is 4.98 Å². The first-order chi connectivity index (χ1) is 13.0. The van der Waals surface area contributed by atoms with E-state index in [1.807, 2.05) is 0 Å². The van der Waals surface area contributed by atoms with Gasteiger partial charge in [-0.1, -0.05) is 24.3 Å². The molecule has 0 spiro atoms. The van der Waals surface area contributed by atoms with Gasteiger partial charge in [0.2, 0.25) is 0 Å². The normalized spacial score (nSPS) is 15.5. The van der Waals surface area contributed by atoms with Gasteiger partial charge in [-0.15, -0.1) is 0 Å². The van der Waals surface area contributed by atoms with Crippen LogP contribution in [0.25, 0.3) is 11.4 Å². The summed E-state index contributed by atoms with van der Waals surface area (Å²) in [6, 6.07) is 6.61. The number of hydrogen-bond acceptors (Lipinski definition) is 4. The van der Waals surface area contributed by atoms with Crippen molar-refractivity contribution < 1.29 is 22.7 Å². The van der Waals surface area contributed by atoms with E-state index in [1.165, 1.54) is 9.47 Å². The molecule has 1 aromatic carbocycles. The molecule has 152 valence electrons. The van der Waals surface area contributed by atoms with E-state index in [-0.39, 0.29) is 25.0 Å². The second kappa shape index (κ2) is 7.12. The van der Waals surface area contributed by atoms with Gasteiger partial charge in [-0.2, -0.15) is 13.2 Å². The van der Waals surface area contributed by atoms with Crippen LogP contribution >= 0.6 is 0 Å². The third kappa shape index (κ3) is 4.30. The van der Waals surface area contributed by atoms with Crippen LogP contribution in [0.15, 0.2) is 30.5 Å². The predicted molar refractivity (Wildman–Crippen MR) is 97.4 cm³/mol. The van der Waals surface area contributed by atoms with Crippen molar-refractivity contribution in [1.29, 1.82) is 0 Å². The van der Waals surface area contributed by atoms with Crippen molar-refractivity contribution in [3.63, 3.8) is 0 Å². The number of rotatable bonds is 3. The third-order valence-corrected chi connectivity index (χ3v) is 4.38. The molecule has 0 bridgehead atoms. The van der Waals surface area contributed by atoms with Crippen molar-refractivity contribution in [3.05, 3.63) is 41.7 Å². The van der Waals surface area contributed by atoms with Crippen molar-refractivity contribution in [3.8, 4) is 11.4 Å². The first-order valence-corrected chi connectivity index (χ1v) is 8.91. The number of alkyl halides is 3. The van der Waals surface area contributed by atoms with Gasteiger partial charge in [-0.3, -0.25) is 0 Å². The number of amides is 1. The monoisotopic (exact) mass is 396 g/mol. The van der Waals surface area contributed by atoms with Crippen LogP contribution in [-0.2, 0) is 17.5 Å². The van der Waals surface area contributed by atoms with Crippen LogP contribution in [0, 0.1) is 0 Å². The summed E-state index contributed by atoms with van der Waals surface area (Å²) in [4.78, 5) is 17.4. The Morgan fingerprint density at radius 3 is 2.32 bits per heavy atom. The number of hydrogen-bond donors (Lipinski definition) is 1. The summed E-state index contributed by atoms with van der Waals surface area (Å²) in [5.41, 5.74) is 5.42. The first kappa shape index (κ1) is 20.2. The van der Waals surface area contributed by atoms with Crippen molar-refractivity contribution in [1.82, 2.24) is 14.5 Å². The molecule has 2 N–H and O–H groups in total. The maximum atomic E-state index is 13.2. The zero-order chi connectivity index (χ0) is 20.7. The molecule has 2 heterocycles. The molecule has 0 radical (unpaired) electrons. The van der Waals surface area contributed by atoms with Crippen LogP contribution in [0.5, 0.6) is 0 Å². The zero-order valence-corrected chi connectivity index (χ0v) is 16.0. The second-order valence-electron chi connectivity index (χ2n) is 7.79. The van der Waals surface area contributed by atoms with Gasteiger partial charge in [-0.25, -0.2) is 9.78 Å². The number of carbonyl (C=O) groups is 1. The number of halogens is 3. The first-order valence-electron chi connectivity index (χ1n) is 8.91. The molecule has 1 aromatic heterocycles. The van der Waals surface area contributed by atoms with Crippen molar-refractivity contribution in [2.45, 2.75) is 45.1 Å². The van der Waals surface area contributed by atoms with E-state index in [0.29, 0.717) is 12.1 Å². The van der Waals surface area contributed by atoms with Crippen LogP contribution in [-0.4, -0.2) is 39.2 Å². The Morgan fingerprint density at radius 2 is 1.82 bits per heavy atom. The highest BCUT2D eigenvalue weighted by Crippen LogP contribution is 2.35. The average Bonchev–Trinajstić information content (AvgIpc) is 2.97. The molecule has 0 aliphatic carbocycles. The lowest BCUT2D eigenvalue weighted by Gasteiger charge is -2.40. The van der Waals surface area contributed by atoms with Crippen LogP contribution in [0.1, 0.15) is 38.1 Å². The van der Waals surface area contributed by atoms with Crippen LogP contribution < -0.4 is 5.73 Å². The summed E-state index contributed by atoms with van der Waals surface area (Å²) in [7, 11) is 0. The third-order valence-electron chi connectivity index (χ3n) is 4.38. The summed E-state index contributed by atoms with van der Waals surface area (Å²) < 4.78 is 46.4. The van der Waals surface area contributed by atoms with E-state index in [1.54, 1.807) is 45.0 Å². The number of imidazole rings is 1. The molecule has 1 aliphatic rings. The number of likely N-dealkylation sites (tertiary alicyclic amines) is 1. The minimum atomic E-state index is -4.55. The predicted octanol–water partition coefficient (Wildman–Crippen LogP) is 3.82. The van der Waals surface area contributed by atoms with E-state index >= 15 is 0 Å². The SMILES string of the molecule is CC(C)(C)OC(=O)N1CC(n2cc(C(F)(F)F)nc2-c2ccc(CN)cc2)C1. The summed E-state index contributed by atoms with van der Waals surface area (Å²) >= 11 is 0. The van der Waals surface area contributed by atoms with E-state index in [4.69, 9.17) is 10.5 Å². The van der Waals surface area contributed by atoms with Crippen molar-refractivity contribution in [2.75, 3.05) is 13.1 Å². The van der Waals surface area contributed by atoms with Gasteiger partial charge >= 0.3 is 12.3 Å². The summed E-state index contributed by atoms with van der Waals surface area (Å²) in [6.45, 7) is 6.15. The molecular weight excluding hydrogens is 373 g/mol. The molecule has 1 aliphatic heterocycles. The van der Waals surface area contributed by atoms with Crippen LogP contribution in [0.4, 0.5) is 18.0 Å². The molecule has 1 saturated heterocycles. The Bertz CT molecular complexity index is 848. The molecule has 0 saturated carbocycles. The standard InChI is InChI=1S/C19H23F3N4O2/c1-18(2,3)28-17(27)25-9-14(10-25)26-11-15(19(20,21)22)24-16(26)13-6-4-12(8-23)5-7-13/h4-7,11,14H,8-10,23H2,1-3H3. The zero-order valence-electron chi connectivity index (χ0n) is 16.0. The molecule has 0 unspecified atom stereocenters. The largest absolute Gasteiger partial charge is 0.444 e. The van der Waals surface area contributed by atoms with E-state index < -0.39 is 23.6 Å². The molecule has 1 fully saturated rings. The van der Waals surface area contributed by atoms with Crippen LogP contribution in [0.2, 0.25) is 0 Å². The van der Waals surface area contributed by atoms with Gasteiger partial charge in [-0.05, 0) is 26.3 Å². The summed E-state index contributed by atoms with van der Waals surface area (Å²) in [6.07, 6.45) is -4.02. The topological polar surface area (TPSA) is 73.4 Å². The fourth-order valence-electron chi connectivity index (χ4n) is 2.92. The molecule has 28 heavy (non-hydrogen) atoms. The van der Waals surface area contributed by atoms with Gasteiger partial charge in [0.05, 0.1) is 6.04 Å². The van der Waals surface area contributed by atoms with Crippen LogP contribution in [0.3, 0.4) is 0 Å². The fraction of sp³-hybridized carbons (Fsp3) is 0.474. The van der Waals surface area contributed by atoms with Gasteiger partial charge < -0.3 is 19.9 Å². The molecule has 9 heteroatoms. The fourth-order valence-corrected chi connectivity index (χ4v) is 2.92. The Labute approximate surface area is 161 Å². The van der Waals surface area contributed by atoms with Gasteiger partial charge in [0.25, 0.3) is 0 Å². The van der Waals surface area contributed by atoms with Gasteiger partial charge in [0.15, 0.2) is 5.69 Å². The number of carbonyl (C=O) groups excluding carboxylic acids is 1. The number of nitrogens with two attached hydrogens (primary N) is 1. The van der Waals surface area contributed by atoms with E-state index in [0.717, 1.165) is 11.8 Å². The molecule has 2 aromatic rings. The number of ether oxygens (including phenoxy) is 1. The Balaban J connectivity index is 1.84. The summed E-state index contributed by atoms with van der Waals surface area (Å²) in [5, 5.41) is 0. The Kier molecular flexibility index (Phi) is 5.14. The number of benzene rings is 1. The highest BCUT2D eigenvalue weighted by molar-refractivity contribution is 5.69. The highest BCUT2D eigenvalue weighted by Gasteiger charge is 2.39. The Morgan fingerprint density at radius 1 is 1.21 bits per heavy atom. The van der Waals surface area contributed by atoms with Crippen molar-refractivity contribution in [2.24, 2.45) is 5.73 Å². The molecule has 6 nitrogen and oxygen atoms in total. The lowest BCUT2D eigenvalue weighted by molar-refractivity contribution is -0.141. The minimum absolute atomic E-state index is 0.213. The molecule has 3 rings (SSSR count). The Hall–Kier alpha value is -2.55. The summed E-state index contributed by atoms with van der Waals surface area (Å²) in [5.74, 6) is 0.213. The maximum absolute atomic E-state index is 13.2. The number of aromatic nitrogens is 2. The van der Waals surface area contributed by atoms with Gasteiger partial charge in [0, 0.05) is 31.4 Å². The maximum Gasteiger partial charge on any atom is 0.434 e. The quantitative estimate of drug-likeness (QED) is 0.856.